The molecule has 0 aliphatic carbocycles. The van der Waals surface area contributed by atoms with Gasteiger partial charge in [-0.15, -0.1) is 0 Å². The topological polar surface area (TPSA) is 41.1 Å². The molecule has 0 aliphatic heterocycles. The Bertz CT molecular complexity index is 453. The van der Waals surface area contributed by atoms with Crippen LogP contribution >= 0.6 is 23.2 Å². The van der Waals surface area contributed by atoms with E-state index in [1.165, 1.54) is 0 Å². The highest BCUT2D eigenvalue weighted by Crippen LogP contribution is 2.32. The molecular weight excluding hydrogens is 271 g/mol. The molecule has 100 valence electrons. The van der Waals surface area contributed by atoms with Crippen molar-refractivity contribution >= 4 is 34.8 Å². The number of hydrogen-bond acceptors (Lipinski definition) is 2. The highest BCUT2D eigenvalue weighted by Gasteiger charge is 2.14. The minimum Gasteiger partial charge on any atom is -0.322 e. The van der Waals surface area contributed by atoms with Crippen LogP contribution in [0.5, 0.6) is 0 Å². The van der Waals surface area contributed by atoms with Gasteiger partial charge in [0.1, 0.15) is 0 Å². The standard InChI is InChI=1S/C13H18Cl2N2O/c1-8-5-6-9(14)12(11(8)15)17-10(18)7-16-13(2,3)4/h5-6,16H,7H2,1-4H3,(H,17,18). The summed E-state index contributed by atoms with van der Waals surface area (Å²) in [7, 11) is 0. The summed E-state index contributed by atoms with van der Waals surface area (Å²) < 4.78 is 0. The summed E-state index contributed by atoms with van der Waals surface area (Å²) in [5.41, 5.74) is 1.23. The number of anilines is 1. The average Bonchev–Trinajstić information content (AvgIpc) is 2.26. The quantitative estimate of drug-likeness (QED) is 0.892. The molecule has 0 fully saturated rings. The van der Waals surface area contributed by atoms with E-state index in [-0.39, 0.29) is 18.0 Å². The molecule has 1 aromatic rings. The van der Waals surface area contributed by atoms with Crippen LogP contribution in [-0.4, -0.2) is 18.0 Å². The summed E-state index contributed by atoms with van der Waals surface area (Å²) in [4.78, 5) is 11.8. The van der Waals surface area contributed by atoms with Crippen molar-refractivity contribution in [2.45, 2.75) is 33.2 Å². The Morgan fingerprint density at radius 3 is 2.44 bits per heavy atom. The minimum absolute atomic E-state index is 0.114. The van der Waals surface area contributed by atoms with Gasteiger partial charge in [0.2, 0.25) is 5.91 Å². The zero-order chi connectivity index (χ0) is 13.9. The molecule has 1 rings (SSSR count). The zero-order valence-corrected chi connectivity index (χ0v) is 12.5. The summed E-state index contributed by atoms with van der Waals surface area (Å²) in [6.45, 7) is 8.05. The number of aryl methyl sites for hydroxylation is 1. The van der Waals surface area contributed by atoms with Crippen molar-refractivity contribution in [1.29, 1.82) is 0 Å². The van der Waals surface area contributed by atoms with Gasteiger partial charge in [0, 0.05) is 5.54 Å². The van der Waals surface area contributed by atoms with Crippen molar-refractivity contribution in [2.24, 2.45) is 0 Å². The van der Waals surface area contributed by atoms with Crippen LogP contribution in [0.25, 0.3) is 0 Å². The van der Waals surface area contributed by atoms with Crippen LogP contribution in [0.15, 0.2) is 12.1 Å². The third-order valence-corrected chi connectivity index (χ3v) is 3.13. The molecule has 0 atom stereocenters. The number of carbonyl (C=O) groups is 1. The maximum absolute atomic E-state index is 11.8. The second-order valence-electron chi connectivity index (χ2n) is 5.20. The smallest absolute Gasteiger partial charge is 0.238 e. The fourth-order valence-corrected chi connectivity index (χ4v) is 1.77. The van der Waals surface area contributed by atoms with E-state index >= 15 is 0 Å². The van der Waals surface area contributed by atoms with Crippen LogP contribution in [0.3, 0.4) is 0 Å². The van der Waals surface area contributed by atoms with Crippen molar-refractivity contribution in [3.8, 4) is 0 Å². The van der Waals surface area contributed by atoms with Crippen LogP contribution < -0.4 is 10.6 Å². The lowest BCUT2D eigenvalue weighted by Gasteiger charge is -2.20. The first-order valence-electron chi connectivity index (χ1n) is 5.70. The van der Waals surface area contributed by atoms with Gasteiger partial charge in [-0.25, -0.2) is 0 Å². The Morgan fingerprint density at radius 2 is 1.89 bits per heavy atom. The highest BCUT2D eigenvalue weighted by atomic mass is 35.5. The first kappa shape index (κ1) is 15.3. The number of rotatable bonds is 3. The normalized spacial score (nSPS) is 11.4. The van der Waals surface area contributed by atoms with Crippen LogP contribution in [0.2, 0.25) is 10.0 Å². The third kappa shape index (κ3) is 4.48. The SMILES string of the molecule is Cc1ccc(Cl)c(NC(=O)CNC(C)(C)C)c1Cl. The van der Waals surface area contributed by atoms with E-state index in [9.17, 15) is 4.79 Å². The molecule has 1 aromatic carbocycles. The first-order valence-corrected chi connectivity index (χ1v) is 6.46. The Labute approximate surface area is 118 Å². The molecule has 0 heterocycles. The fraction of sp³-hybridized carbons (Fsp3) is 0.462. The number of halogens is 2. The van der Waals surface area contributed by atoms with Crippen LogP contribution in [-0.2, 0) is 4.79 Å². The maximum Gasteiger partial charge on any atom is 0.238 e. The number of nitrogens with one attached hydrogen (secondary N) is 2. The summed E-state index contributed by atoms with van der Waals surface area (Å²) in [6, 6.07) is 3.53. The van der Waals surface area contributed by atoms with E-state index in [0.717, 1.165) is 5.56 Å². The van der Waals surface area contributed by atoms with Crippen molar-refractivity contribution in [2.75, 3.05) is 11.9 Å². The predicted octanol–water partition coefficient (Wildman–Crippen LogP) is 3.63. The molecule has 18 heavy (non-hydrogen) atoms. The monoisotopic (exact) mass is 288 g/mol. The van der Waals surface area contributed by atoms with Gasteiger partial charge in [-0.2, -0.15) is 0 Å². The molecule has 0 saturated carbocycles. The van der Waals surface area contributed by atoms with E-state index in [2.05, 4.69) is 10.6 Å². The van der Waals surface area contributed by atoms with Gasteiger partial charge in [0.25, 0.3) is 0 Å². The molecule has 0 saturated heterocycles. The lowest BCUT2D eigenvalue weighted by Crippen LogP contribution is -2.41. The van der Waals surface area contributed by atoms with Crippen LogP contribution in [0, 0.1) is 6.92 Å². The molecule has 0 unspecified atom stereocenters. The number of benzene rings is 1. The highest BCUT2D eigenvalue weighted by molar-refractivity contribution is 6.40. The maximum atomic E-state index is 11.8. The lowest BCUT2D eigenvalue weighted by atomic mass is 10.1. The largest absolute Gasteiger partial charge is 0.322 e. The Balaban J connectivity index is 2.74. The fourth-order valence-electron chi connectivity index (χ4n) is 1.30. The molecule has 0 aromatic heterocycles. The van der Waals surface area contributed by atoms with E-state index in [1.54, 1.807) is 6.07 Å². The van der Waals surface area contributed by atoms with Gasteiger partial charge < -0.3 is 10.6 Å². The molecular formula is C13H18Cl2N2O. The number of hydrogen-bond donors (Lipinski definition) is 2. The molecule has 2 N–H and O–H groups in total. The summed E-state index contributed by atoms with van der Waals surface area (Å²) >= 11 is 12.1. The van der Waals surface area contributed by atoms with Crippen LogP contribution in [0.4, 0.5) is 5.69 Å². The second kappa shape index (κ2) is 5.91. The van der Waals surface area contributed by atoms with Crippen LogP contribution in [0.1, 0.15) is 26.3 Å². The molecule has 0 spiro atoms. The number of carbonyl (C=O) groups excluding carboxylic acids is 1. The van der Waals surface area contributed by atoms with Gasteiger partial charge in [-0.3, -0.25) is 4.79 Å². The third-order valence-electron chi connectivity index (χ3n) is 2.33. The van der Waals surface area contributed by atoms with Crippen molar-refractivity contribution < 1.29 is 4.79 Å². The summed E-state index contributed by atoms with van der Waals surface area (Å²) in [5, 5.41) is 6.74. The van der Waals surface area contributed by atoms with E-state index in [0.29, 0.717) is 15.7 Å². The predicted molar refractivity (Wildman–Crippen MR) is 77.6 cm³/mol. The second-order valence-corrected chi connectivity index (χ2v) is 5.99. The Kier molecular flexibility index (Phi) is 5.02. The molecule has 0 bridgehead atoms. The van der Waals surface area contributed by atoms with Gasteiger partial charge >= 0.3 is 0 Å². The Morgan fingerprint density at radius 1 is 1.28 bits per heavy atom. The lowest BCUT2D eigenvalue weighted by molar-refractivity contribution is -0.115. The van der Waals surface area contributed by atoms with Crippen molar-refractivity contribution in [3.05, 3.63) is 27.7 Å². The van der Waals surface area contributed by atoms with E-state index < -0.39 is 0 Å². The van der Waals surface area contributed by atoms with Crippen molar-refractivity contribution in [1.82, 2.24) is 5.32 Å². The molecule has 0 radical (unpaired) electrons. The molecule has 5 heteroatoms. The van der Waals surface area contributed by atoms with E-state index in [1.807, 2.05) is 33.8 Å². The summed E-state index contributed by atoms with van der Waals surface area (Å²) in [5.74, 6) is -0.167. The van der Waals surface area contributed by atoms with Gasteiger partial charge in [-0.1, -0.05) is 29.3 Å². The van der Waals surface area contributed by atoms with Gasteiger partial charge in [-0.05, 0) is 39.3 Å². The minimum atomic E-state index is -0.167. The Hall–Kier alpha value is -0.770. The summed E-state index contributed by atoms with van der Waals surface area (Å²) in [6.07, 6.45) is 0. The molecule has 0 aliphatic rings. The van der Waals surface area contributed by atoms with Gasteiger partial charge in [0.15, 0.2) is 0 Å². The van der Waals surface area contributed by atoms with E-state index in [4.69, 9.17) is 23.2 Å². The number of amides is 1. The van der Waals surface area contributed by atoms with Crippen molar-refractivity contribution in [3.63, 3.8) is 0 Å². The molecule has 1 amide bonds. The zero-order valence-electron chi connectivity index (χ0n) is 11.0. The average molecular weight is 289 g/mol. The van der Waals surface area contributed by atoms with Gasteiger partial charge in [0.05, 0.1) is 22.3 Å². The first-order chi connectivity index (χ1) is 8.20. The molecule has 3 nitrogen and oxygen atoms in total.